The topological polar surface area (TPSA) is 74.9 Å². The molecule has 30 heavy (non-hydrogen) atoms. The highest BCUT2D eigenvalue weighted by molar-refractivity contribution is 6.32. The lowest BCUT2D eigenvalue weighted by atomic mass is 10.1. The molecule has 0 saturated carbocycles. The fourth-order valence-corrected chi connectivity index (χ4v) is 3.69. The highest BCUT2D eigenvalue weighted by Gasteiger charge is 2.29. The maximum absolute atomic E-state index is 13.0. The minimum Gasteiger partial charge on any atom is -0.478 e. The Morgan fingerprint density at radius 2 is 1.67 bits per heavy atom. The second-order valence-electron chi connectivity index (χ2n) is 7.21. The van der Waals surface area contributed by atoms with Crippen LogP contribution >= 0.6 is 0 Å². The first kappa shape index (κ1) is 19.4. The smallest absolute Gasteiger partial charge is 0.335 e. The maximum atomic E-state index is 13.0. The van der Waals surface area contributed by atoms with Crippen LogP contribution in [-0.2, 0) is 4.79 Å². The number of carboxylic acids is 1. The first-order chi connectivity index (χ1) is 14.4. The molecule has 1 aliphatic rings. The average Bonchev–Trinajstić information content (AvgIpc) is 3.18. The van der Waals surface area contributed by atoms with Gasteiger partial charge in [-0.2, -0.15) is 10.1 Å². The van der Waals surface area contributed by atoms with E-state index in [0.29, 0.717) is 11.3 Å². The van der Waals surface area contributed by atoms with Crippen molar-refractivity contribution >= 4 is 29.4 Å². The average molecular weight is 399 g/mol. The van der Waals surface area contributed by atoms with Gasteiger partial charge in [0.15, 0.2) is 0 Å². The zero-order valence-electron chi connectivity index (χ0n) is 17.0. The van der Waals surface area contributed by atoms with E-state index in [9.17, 15) is 14.7 Å². The van der Waals surface area contributed by atoms with Gasteiger partial charge in [-0.15, -0.1) is 0 Å². The van der Waals surface area contributed by atoms with Gasteiger partial charge in [0.25, 0.3) is 5.91 Å². The number of aromatic nitrogens is 1. The molecule has 150 valence electrons. The second kappa shape index (κ2) is 7.48. The van der Waals surface area contributed by atoms with Crippen LogP contribution in [0.25, 0.3) is 11.8 Å². The molecule has 0 bridgehead atoms. The van der Waals surface area contributed by atoms with Crippen LogP contribution in [0, 0.1) is 13.8 Å². The van der Waals surface area contributed by atoms with Gasteiger partial charge in [0.2, 0.25) is 0 Å². The Morgan fingerprint density at radius 3 is 2.37 bits per heavy atom. The summed E-state index contributed by atoms with van der Waals surface area (Å²) < 4.78 is 1.99. The maximum Gasteiger partial charge on any atom is 0.335 e. The Balaban J connectivity index is 1.73. The normalized spacial score (nSPS) is 15.0. The molecule has 6 nitrogen and oxygen atoms in total. The molecule has 0 spiro atoms. The first-order valence-corrected chi connectivity index (χ1v) is 9.56. The Kier molecular flexibility index (Phi) is 4.83. The summed E-state index contributed by atoms with van der Waals surface area (Å²) in [4.78, 5) is 24.3. The summed E-state index contributed by atoms with van der Waals surface area (Å²) in [6, 6.07) is 18.1. The minimum absolute atomic E-state index is 0.170. The van der Waals surface area contributed by atoms with Crippen LogP contribution in [0.5, 0.6) is 0 Å². The Bertz CT molecular complexity index is 1220. The second-order valence-corrected chi connectivity index (χ2v) is 7.21. The van der Waals surface area contributed by atoms with Gasteiger partial charge in [0, 0.05) is 17.1 Å². The lowest BCUT2D eigenvalue weighted by molar-refractivity contribution is -0.114. The lowest BCUT2D eigenvalue weighted by Gasteiger charge is -2.11. The number of benzene rings is 2. The third kappa shape index (κ3) is 3.33. The van der Waals surface area contributed by atoms with Crippen LogP contribution in [0.1, 0.15) is 34.2 Å². The largest absolute Gasteiger partial charge is 0.478 e. The molecule has 4 rings (SSSR count). The number of carbonyl (C=O) groups is 2. The van der Waals surface area contributed by atoms with Crippen molar-refractivity contribution < 1.29 is 14.7 Å². The van der Waals surface area contributed by atoms with Crippen molar-refractivity contribution in [3.05, 3.63) is 88.8 Å². The molecule has 1 N–H and O–H groups in total. The summed E-state index contributed by atoms with van der Waals surface area (Å²) in [5.41, 5.74) is 5.67. The molecular formula is C24H21N3O3. The van der Waals surface area contributed by atoms with Crippen molar-refractivity contribution in [2.24, 2.45) is 5.10 Å². The van der Waals surface area contributed by atoms with Crippen molar-refractivity contribution in [2.75, 3.05) is 5.01 Å². The fraction of sp³-hybridized carbons (Fsp3) is 0.125. The molecule has 2 aromatic carbocycles. The number of aromatic carboxylic acids is 1. The summed E-state index contributed by atoms with van der Waals surface area (Å²) in [6.45, 7) is 5.73. The van der Waals surface area contributed by atoms with E-state index in [-0.39, 0.29) is 11.5 Å². The van der Waals surface area contributed by atoms with Crippen LogP contribution < -0.4 is 5.01 Å². The van der Waals surface area contributed by atoms with E-state index in [4.69, 9.17) is 0 Å². The van der Waals surface area contributed by atoms with E-state index in [1.165, 1.54) is 5.01 Å². The lowest BCUT2D eigenvalue weighted by Crippen LogP contribution is -2.21. The molecule has 6 heteroatoms. The van der Waals surface area contributed by atoms with Gasteiger partial charge in [0.1, 0.15) is 0 Å². The third-order valence-electron chi connectivity index (χ3n) is 5.18. The van der Waals surface area contributed by atoms with Crippen molar-refractivity contribution in [3.8, 4) is 5.69 Å². The van der Waals surface area contributed by atoms with Crippen molar-refractivity contribution in [2.45, 2.75) is 20.8 Å². The van der Waals surface area contributed by atoms with Crippen molar-refractivity contribution in [1.82, 2.24) is 4.57 Å². The van der Waals surface area contributed by atoms with Gasteiger partial charge in [0.05, 0.1) is 22.5 Å². The monoisotopic (exact) mass is 399 g/mol. The van der Waals surface area contributed by atoms with Crippen LogP contribution in [0.3, 0.4) is 0 Å². The molecule has 3 aromatic rings. The molecule has 1 amide bonds. The van der Waals surface area contributed by atoms with Crippen LogP contribution in [0.4, 0.5) is 5.69 Å². The standard InChI is InChI=1S/C24H21N3O3/c1-15-12-19(17(3)26(15)21-11-7-8-18(13-21)24(29)30)14-22-16(2)25-27(23(22)28)20-9-5-4-6-10-20/h4-14H,1-3H3,(H,29,30)/b22-14+. The number of nitrogens with zero attached hydrogens (tertiary/aromatic N) is 3. The molecule has 0 fully saturated rings. The number of amides is 1. The van der Waals surface area contributed by atoms with Gasteiger partial charge in [-0.25, -0.2) is 4.79 Å². The quantitative estimate of drug-likeness (QED) is 0.652. The zero-order valence-corrected chi connectivity index (χ0v) is 17.0. The summed E-state index contributed by atoms with van der Waals surface area (Å²) in [5.74, 6) is -1.14. The number of anilines is 1. The van der Waals surface area contributed by atoms with E-state index in [1.54, 1.807) is 18.2 Å². The highest BCUT2D eigenvalue weighted by Crippen LogP contribution is 2.28. The highest BCUT2D eigenvalue weighted by atomic mass is 16.4. The zero-order chi connectivity index (χ0) is 21.4. The molecule has 0 unspecified atom stereocenters. The Labute approximate surface area is 174 Å². The van der Waals surface area contributed by atoms with E-state index in [0.717, 1.165) is 28.3 Å². The summed E-state index contributed by atoms with van der Waals surface area (Å²) in [7, 11) is 0. The molecule has 0 saturated heterocycles. The Morgan fingerprint density at radius 1 is 0.967 bits per heavy atom. The van der Waals surface area contributed by atoms with Gasteiger partial charge in [-0.3, -0.25) is 4.79 Å². The molecule has 2 heterocycles. The molecular weight excluding hydrogens is 378 g/mol. The number of aryl methyl sites for hydroxylation is 1. The van der Waals surface area contributed by atoms with Crippen LogP contribution in [0.15, 0.2) is 71.3 Å². The van der Waals surface area contributed by atoms with Gasteiger partial charge < -0.3 is 9.67 Å². The predicted molar refractivity (Wildman–Crippen MR) is 117 cm³/mol. The molecule has 0 radical (unpaired) electrons. The number of para-hydroxylation sites is 1. The third-order valence-corrected chi connectivity index (χ3v) is 5.18. The number of hydrogen-bond acceptors (Lipinski definition) is 3. The van der Waals surface area contributed by atoms with Crippen LogP contribution in [-0.4, -0.2) is 27.3 Å². The number of carboxylic acid groups (broad SMARTS) is 1. The molecule has 0 atom stereocenters. The first-order valence-electron chi connectivity index (χ1n) is 9.56. The van der Waals surface area contributed by atoms with Gasteiger partial charge in [-0.1, -0.05) is 24.3 Å². The number of carbonyl (C=O) groups excluding carboxylic acids is 1. The molecule has 0 aliphatic carbocycles. The van der Waals surface area contributed by atoms with E-state index in [1.807, 2.05) is 73.9 Å². The predicted octanol–water partition coefficient (Wildman–Crippen LogP) is 4.60. The van der Waals surface area contributed by atoms with E-state index in [2.05, 4.69) is 5.10 Å². The van der Waals surface area contributed by atoms with E-state index < -0.39 is 5.97 Å². The molecule has 1 aromatic heterocycles. The van der Waals surface area contributed by atoms with Gasteiger partial charge >= 0.3 is 5.97 Å². The van der Waals surface area contributed by atoms with E-state index >= 15 is 0 Å². The van der Waals surface area contributed by atoms with Crippen molar-refractivity contribution in [1.29, 1.82) is 0 Å². The van der Waals surface area contributed by atoms with Gasteiger partial charge in [-0.05, 0) is 68.8 Å². The minimum atomic E-state index is -0.967. The number of rotatable bonds is 4. The number of hydrazone groups is 1. The Hall–Kier alpha value is -3.93. The van der Waals surface area contributed by atoms with Crippen molar-refractivity contribution in [3.63, 3.8) is 0 Å². The molecule has 1 aliphatic heterocycles. The SMILES string of the molecule is CC1=NN(c2ccccc2)C(=O)/C1=C/c1cc(C)n(-c2cccc(C(=O)O)c2)c1C. The summed E-state index contributed by atoms with van der Waals surface area (Å²) >= 11 is 0. The summed E-state index contributed by atoms with van der Waals surface area (Å²) in [5, 5.41) is 15.1. The number of hydrogen-bond donors (Lipinski definition) is 1. The summed E-state index contributed by atoms with van der Waals surface area (Å²) in [6.07, 6.45) is 1.85. The van der Waals surface area contributed by atoms with Crippen LogP contribution in [0.2, 0.25) is 0 Å². The fourth-order valence-electron chi connectivity index (χ4n) is 3.69.